The molecule has 2 N–H and O–H groups in total. The van der Waals surface area contributed by atoms with Crippen molar-refractivity contribution in [1.29, 1.82) is 0 Å². The van der Waals surface area contributed by atoms with E-state index in [-0.39, 0.29) is 11.5 Å². The summed E-state index contributed by atoms with van der Waals surface area (Å²) in [6.07, 6.45) is 0. The van der Waals surface area contributed by atoms with Crippen molar-refractivity contribution in [2.24, 2.45) is 5.10 Å². The lowest BCUT2D eigenvalue weighted by Crippen LogP contribution is -2.46. The molecule has 0 heterocycles. The zero-order valence-electron chi connectivity index (χ0n) is 11.7. The molecule has 1 aromatic rings. The molecule has 0 spiro atoms. The van der Waals surface area contributed by atoms with Gasteiger partial charge in [-0.2, -0.15) is 5.10 Å². The Kier molecular flexibility index (Phi) is 4.80. The van der Waals surface area contributed by atoms with Crippen LogP contribution in [0.1, 0.15) is 27.7 Å². The van der Waals surface area contributed by atoms with Crippen molar-refractivity contribution in [2.75, 3.05) is 5.43 Å². The molecule has 0 saturated heterocycles. The van der Waals surface area contributed by atoms with Crippen molar-refractivity contribution in [1.82, 2.24) is 5.32 Å². The first-order valence-corrected chi connectivity index (χ1v) is 6.02. The number of hydrogen-bond acceptors (Lipinski definition) is 4. The Morgan fingerprint density at radius 2 is 1.68 bits per heavy atom. The summed E-state index contributed by atoms with van der Waals surface area (Å²) >= 11 is 0. The first-order chi connectivity index (χ1) is 8.79. The van der Waals surface area contributed by atoms with Crippen molar-refractivity contribution in [3.05, 3.63) is 30.3 Å². The predicted octanol–water partition coefficient (Wildman–Crippen LogP) is 1.96. The second-order valence-corrected chi connectivity index (χ2v) is 5.20. The molecule has 0 aliphatic heterocycles. The quantitative estimate of drug-likeness (QED) is 0.494. The molecule has 0 aromatic heterocycles. The normalized spacial score (nSPS) is 11.9. The third kappa shape index (κ3) is 5.33. The number of carbonyl (C=O) groups is 2. The van der Waals surface area contributed by atoms with E-state index in [9.17, 15) is 9.59 Å². The molecule has 5 heteroatoms. The molecular formula is C14H19N3O2. The van der Waals surface area contributed by atoms with Gasteiger partial charge in [0.1, 0.15) is 0 Å². The Bertz CT molecular complexity index is 487. The number of Topliss-reactive ketones (excluding diaryl/α,β-unsaturated/α-hetero) is 1. The van der Waals surface area contributed by atoms with Crippen molar-refractivity contribution in [2.45, 2.75) is 33.2 Å². The smallest absolute Gasteiger partial charge is 0.275 e. The minimum Gasteiger partial charge on any atom is -0.346 e. The van der Waals surface area contributed by atoms with Gasteiger partial charge < -0.3 is 5.32 Å². The van der Waals surface area contributed by atoms with E-state index in [1.54, 1.807) is 12.1 Å². The maximum Gasteiger partial charge on any atom is 0.275 e. The summed E-state index contributed by atoms with van der Waals surface area (Å²) in [6, 6.07) is 9.12. The van der Waals surface area contributed by atoms with Crippen LogP contribution in [-0.4, -0.2) is 22.9 Å². The van der Waals surface area contributed by atoms with Gasteiger partial charge in [0.25, 0.3) is 5.91 Å². The van der Waals surface area contributed by atoms with Crippen molar-refractivity contribution >= 4 is 23.1 Å². The first-order valence-electron chi connectivity index (χ1n) is 6.02. The van der Waals surface area contributed by atoms with Crippen molar-refractivity contribution in [3.8, 4) is 0 Å². The molecule has 0 aliphatic carbocycles. The summed E-state index contributed by atoms with van der Waals surface area (Å²) < 4.78 is 0. The van der Waals surface area contributed by atoms with E-state index in [0.717, 1.165) is 0 Å². The molecule has 0 aliphatic rings. The summed E-state index contributed by atoms with van der Waals surface area (Å²) in [6.45, 7) is 6.83. The molecular weight excluding hydrogens is 242 g/mol. The van der Waals surface area contributed by atoms with Gasteiger partial charge in [-0.1, -0.05) is 18.2 Å². The molecule has 0 bridgehead atoms. The minimum atomic E-state index is -0.483. The molecule has 0 saturated carbocycles. The highest BCUT2D eigenvalue weighted by molar-refractivity contribution is 6.65. The molecule has 1 rings (SSSR count). The van der Waals surface area contributed by atoms with Gasteiger partial charge in [-0.25, -0.2) is 0 Å². The Labute approximate surface area is 113 Å². The Hall–Kier alpha value is -2.17. The summed E-state index contributed by atoms with van der Waals surface area (Å²) in [4.78, 5) is 23.4. The van der Waals surface area contributed by atoms with Crippen LogP contribution in [0.2, 0.25) is 0 Å². The summed E-state index contributed by atoms with van der Waals surface area (Å²) in [5.41, 5.74) is 2.86. The molecule has 1 aromatic carbocycles. The zero-order chi connectivity index (χ0) is 14.5. The number of carbonyl (C=O) groups excluding carboxylic acids is 2. The second-order valence-electron chi connectivity index (χ2n) is 5.20. The van der Waals surface area contributed by atoms with Crippen LogP contribution in [0.3, 0.4) is 0 Å². The van der Waals surface area contributed by atoms with Gasteiger partial charge in [-0.05, 0) is 32.9 Å². The molecule has 0 unspecified atom stereocenters. The van der Waals surface area contributed by atoms with Crippen LogP contribution in [0.15, 0.2) is 35.4 Å². The fraction of sp³-hybridized carbons (Fsp3) is 0.357. The topological polar surface area (TPSA) is 70.6 Å². The largest absolute Gasteiger partial charge is 0.346 e. The van der Waals surface area contributed by atoms with Gasteiger partial charge in [0.15, 0.2) is 11.5 Å². The summed E-state index contributed by atoms with van der Waals surface area (Å²) in [7, 11) is 0. The number of nitrogens with one attached hydrogen (secondary N) is 2. The third-order valence-electron chi connectivity index (χ3n) is 2.11. The van der Waals surface area contributed by atoms with Gasteiger partial charge in [-0.3, -0.25) is 15.0 Å². The van der Waals surface area contributed by atoms with Gasteiger partial charge in [-0.15, -0.1) is 0 Å². The molecule has 5 nitrogen and oxygen atoms in total. The zero-order valence-corrected chi connectivity index (χ0v) is 11.7. The van der Waals surface area contributed by atoms with Crippen LogP contribution in [0, 0.1) is 0 Å². The minimum absolute atomic E-state index is 0.140. The van der Waals surface area contributed by atoms with Crippen LogP contribution >= 0.6 is 0 Å². The fourth-order valence-electron chi connectivity index (χ4n) is 1.32. The third-order valence-corrected chi connectivity index (χ3v) is 2.11. The first kappa shape index (κ1) is 14.9. The average molecular weight is 261 g/mol. The molecule has 19 heavy (non-hydrogen) atoms. The Morgan fingerprint density at radius 3 is 2.16 bits per heavy atom. The van der Waals surface area contributed by atoms with Crippen molar-refractivity contribution in [3.63, 3.8) is 0 Å². The molecule has 0 atom stereocenters. The monoisotopic (exact) mass is 261 g/mol. The van der Waals surface area contributed by atoms with Gasteiger partial charge in [0.2, 0.25) is 0 Å². The number of nitrogens with zero attached hydrogens (tertiary/aromatic N) is 1. The molecule has 1 amide bonds. The maximum atomic E-state index is 11.9. The lowest BCUT2D eigenvalue weighted by atomic mass is 10.1. The highest BCUT2D eigenvalue weighted by atomic mass is 16.2. The van der Waals surface area contributed by atoms with E-state index in [1.807, 2.05) is 39.0 Å². The molecule has 0 radical (unpaired) electrons. The predicted molar refractivity (Wildman–Crippen MR) is 76.1 cm³/mol. The number of rotatable bonds is 4. The SMILES string of the molecule is CC(=O)C(=NNc1ccccc1)C(=O)NC(C)(C)C. The van der Waals surface area contributed by atoms with E-state index < -0.39 is 11.4 Å². The number of anilines is 1. The fourth-order valence-corrected chi connectivity index (χ4v) is 1.32. The van der Waals surface area contributed by atoms with Gasteiger partial charge in [0.05, 0.1) is 5.69 Å². The second kappa shape index (κ2) is 6.13. The van der Waals surface area contributed by atoms with Crippen LogP contribution in [0.25, 0.3) is 0 Å². The molecule has 0 fully saturated rings. The summed E-state index contributed by atoms with van der Waals surface area (Å²) in [5, 5.41) is 6.59. The number of benzene rings is 1. The van der Waals surface area contributed by atoms with Crippen LogP contribution in [0.4, 0.5) is 5.69 Å². The number of hydrazone groups is 1. The maximum absolute atomic E-state index is 11.9. The van der Waals surface area contributed by atoms with Crippen LogP contribution < -0.4 is 10.7 Å². The van der Waals surface area contributed by atoms with Crippen LogP contribution in [-0.2, 0) is 9.59 Å². The van der Waals surface area contributed by atoms with E-state index in [4.69, 9.17) is 0 Å². The lowest BCUT2D eigenvalue weighted by molar-refractivity contribution is -0.118. The van der Waals surface area contributed by atoms with E-state index >= 15 is 0 Å². The van der Waals surface area contributed by atoms with Crippen molar-refractivity contribution < 1.29 is 9.59 Å². The highest BCUT2D eigenvalue weighted by Crippen LogP contribution is 2.05. The van der Waals surface area contributed by atoms with E-state index in [1.165, 1.54) is 6.92 Å². The Morgan fingerprint density at radius 1 is 1.11 bits per heavy atom. The highest BCUT2D eigenvalue weighted by Gasteiger charge is 2.21. The number of hydrogen-bond donors (Lipinski definition) is 2. The average Bonchev–Trinajstić information content (AvgIpc) is 2.27. The van der Waals surface area contributed by atoms with E-state index in [0.29, 0.717) is 5.69 Å². The Balaban J connectivity index is 2.83. The number of para-hydroxylation sites is 1. The molecule has 102 valence electrons. The lowest BCUT2D eigenvalue weighted by Gasteiger charge is -2.20. The van der Waals surface area contributed by atoms with Crippen LogP contribution in [0.5, 0.6) is 0 Å². The van der Waals surface area contributed by atoms with E-state index in [2.05, 4.69) is 15.8 Å². The number of amides is 1. The number of ketones is 1. The van der Waals surface area contributed by atoms with Gasteiger partial charge in [0, 0.05) is 12.5 Å². The standard InChI is InChI=1S/C14H19N3O2/c1-10(18)12(13(19)15-14(2,3)4)17-16-11-8-6-5-7-9-11/h5-9,16H,1-4H3,(H,15,19). The van der Waals surface area contributed by atoms with Gasteiger partial charge >= 0.3 is 0 Å². The summed E-state index contributed by atoms with van der Waals surface area (Å²) in [5.74, 6) is -0.867.